The van der Waals surface area contributed by atoms with Gasteiger partial charge in [0.1, 0.15) is 12.5 Å². The van der Waals surface area contributed by atoms with E-state index in [0.717, 1.165) is 5.56 Å². The second kappa shape index (κ2) is 5.88. The lowest BCUT2D eigenvalue weighted by atomic mass is 10.1. The van der Waals surface area contributed by atoms with Gasteiger partial charge in [-0.25, -0.2) is 4.90 Å². The maximum atomic E-state index is 11.0. The van der Waals surface area contributed by atoms with Crippen LogP contribution in [-0.2, 0) is 6.54 Å². The fourth-order valence-electron chi connectivity index (χ4n) is 2.53. The highest BCUT2D eigenvalue weighted by molar-refractivity contribution is 5.92. The third kappa shape index (κ3) is 2.99. The Kier molecular flexibility index (Phi) is 4.39. The molecule has 110 valence electrons. The number of carbonyl (C=O) groups excluding carboxylic acids is 1. The molecule has 1 fully saturated rings. The van der Waals surface area contributed by atoms with Crippen LogP contribution in [0.5, 0.6) is 0 Å². The van der Waals surface area contributed by atoms with Crippen molar-refractivity contribution in [3.8, 4) is 0 Å². The molecule has 6 heteroatoms. The van der Waals surface area contributed by atoms with Crippen molar-refractivity contribution in [2.45, 2.75) is 31.5 Å². The first-order chi connectivity index (χ1) is 9.40. The SMILES string of the molecule is CN(C)C1CC(O)N(Cc2ccc(C(N)=O)cc2)C1O. The van der Waals surface area contributed by atoms with Gasteiger partial charge in [-0.3, -0.25) is 4.79 Å². The fourth-order valence-corrected chi connectivity index (χ4v) is 2.53. The van der Waals surface area contributed by atoms with Crippen LogP contribution >= 0.6 is 0 Å². The van der Waals surface area contributed by atoms with E-state index in [1.54, 1.807) is 29.2 Å². The van der Waals surface area contributed by atoms with Crippen LogP contribution in [-0.4, -0.2) is 58.5 Å². The number of nitrogens with two attached hydrogens (primary N) is 1. The van der Waals surface area contributed by atoms with E-state index in [-0.39, 0.29) is 6.04 Å². The maximum absolute atomic E-state index is 11.0. The number of aliphatic hydroxyl groups is 2. The van der Waals surface area contributed by atoms with Crippen LogP contribution in [0.25, 0.3) is 0 Å². The summed E-state index contributed by atoms with van der Waals surface area (Å²) in [4.78, 5) is 14.6. The minimum absolute atomic E-state index is 0.0881. The molecule has 0 aliphatic carbocycles. The van der Waals surface area contributed by atoms with Crippen molar-refractivity contribution in [1.82, 2.24) is 9.80 Å². The maximum Gasteiger partial charge on any atom is 0.248 e. The molecular weight excluding hydrogens is 258 g/mol. The summed E-state index contributed by atoms with van der Waals surface area (Å²) in [5, 5.41) is 20.3. The fraction of sp³-hybridized carbons (Fsp3) is 0.500. The summed E-state index contributed by atoms with van der Waals surface area (Å²) in [6.45, 7) is 0.422. The van der Waals surface area contributed by atoms with Gasteiger partial charge in [-0.2, -0.15) is 0 Å². The summed E-state index contributed by atoms with van der Waals surface area (Å²) in [6.07, 6.45) is -0.878. The molecule has 0 saturated carbocycles. The Morgan fingerprint density at radius 3 is 2.40 bits per heavy atom. The molecule has 1 aliphatic heterocycles. The summed E-state index contributed by atoms with van der Waals surface area (Å²) in [6, 6.07) is 6.77. The molecule has 1 saturated heterocycles. The topological polar surface area (TPSA) is 90.0 Å². The van der Waals surface area contributed by atoms with Crippen LogP contribution in [0.2, 0.25) is 0 Å². The molecule has 1 aromatic carbocycles. The summed E-state index contributed by atoms with van der Waals surface area (Å²) in [5.74, 6) is -0.467. The van der Waals surface area contributed by atoms with Crippen molar-refractivity contribution in [1.29, 1.82) is 0 Å². The number of primary amides is 1. The standard InChI is InChI=1S/C14H21N3O3/c1-16(2)11-7-12(18)17(14(11)20)8-9-3-5-10(6-4-9)13(15)19/h3-6,11-12,14,18,20H,7-8H2,1-2H3,(H2,15,19). The highest BCUT2D eigenvalue weighted by Crippen LogP contribution is 2.26. The van der Waals surface area contributed by atoms with E-state index >= 15 is 0 Å². The van der Waals surface area contributed by atoms with Gasteiger partial charge in [0.15, 0.2) is 0 Å². The number of hydrogen-bond donors (Lipinski definition) is 3. The summed E-state index contributed by atoms with van der Waals surface area (Å²) in [5.41, 5.74) is 6.54. The van der Waals surface area contributed by atoms with Gasteiger partial charge in [0.2, 0.25) is 5.91 Å². The normalized spacial score (nSPS) is 27.1. The van der Waals surface area contributed by atoms with Crippen LogP contribution in [0, 0.1) is 0 Å². The zero-order valence-corrected chi connectivity index (χ0v) is 11.7. The number of nitrogens with zero attached hydrogens (tertiary/aromatic N) is 2. The van der Waals surface area contributed by atoms with E-state index in [1.165, 1.54) is 0 Å². The minimum atomic E-state index is -0.712. The van der Waals surface area contributed by atoms with Gasteiger partial charge in [-0.15, -0.1) is 0 Å². The Labute approximate surface area is 118 Å². The quantitative estimate of drug-likeness (QED) is 0.695. The van der Waals surface area contributed by atoms with Crippen LogP contribution in [0.4, 0.5) is 0 Å². The molecule has 20 heavy (non-hydrogen) atoms. The first-order valence-electron chi connectivity index (χ1n) is 6.57. The largest absolute Gasteiger partial charge is 0.378 e. The van der Waals surface area contributed by atoms with E-state index in [9.17, 15) is 15.0 Å². The number of benzene rings is 1. The first kappa shape index (κ1) is 14.9. The van der Waals surface area contributed by atoms with Gasteiger partial charge in [-0.05, 0) is 31.8 Å². The van der Waals surface area contributed by atoms with Gasteiger partial charge < -0.3 is 20.8 Å². The average molecular weight is 279 g/mol. The van der Waals surface area contributed by atoms with Crippen LogP contribution < -0.4 is 5.73 Å². The van der Waals surface area contributed by atoms with Gasteiger partial charge in [0.05, 0.1) is 6.04 Å². The molecule has 0 radical (unpaired) electrons. The van der Waals surface area contributed by atoms with Crippen molar-refractivity contribution in [2.75, 3.05) is 14.1 Å². The third-order valence-corrected chi connectivity index (χ3v) is 3.79. The second-order valence-electron chi connectivity index (χ2n) is 5.39. The van der Waals surface area contributed by atoms with E-state index in [2.05, 4.69) is 0 Å². The molecule has 0 aromatic heterocycles. The Hall–Kier alpha value is -1.47. The average Bonchev–Trinajstić information content (AvgIpc) is 2.67. The molecule has 3 unspecified atom stereocenters. The van der Waals surface area contributed by atoms with Crippen molar-refractivity contribution >= 4 is 5.91 Å². The number of aliphatic hydroxyl groups excluding tert-OH is 2. The van der Waals surface area contributed by atoms with Crippen LogP contribution in [0.15, 0.2) is 24.3 Å². The molecule has 4 N–H and O–H groups in total. The van der Waals surface area contributed by atoms with E-state index < -0.39 is 18.4 Å². The molecule has 1 aromatic rings. The summed E-state index contributed by atoms with van der Waals surface area (Å²) < 4.78 is 0. The molecule has 2 rings (SSSR count). The van der Waals surface area contributed by atoms with Crippen molar-refractivity contribution in [3.63, 3.8) is 0 Å². The molecule has 1 heterocycles. The molecule has 1 aliphatic rings. The van der Waals surface area contributed by atoms with Crippen LogP contribution in [0.1, 0.15) is 22.3 Å². The lowest BCUT2D eigenvalue weighted by Gasteiger charge is -2.27. The first-order valence-corrected chi connectivity index (χ1v) is 6.57. The van der Waals surface area contributed by atoms with Gasteiger partial charge in [-0.1, -0.05) is 12.1 Å². The highest BCUT2D eigenvalue weighted by Gasteiger charge is 2.40. The number of amides is 1. The molecule has 0 spiro atoms. The van der Waals surface area contributed by atoms with E-state index in [4.69, 9.17) is 5.73 Å². The van der Waals surface area contributed by atoms with E-state index in [1.807, 2.05) is 19.0 Å². The number of carbonyl (C=O) groups is 1. The predicted octanol–water partition coefficient (Wildman–Crippen LogP) is -0.442. The second-order valence-corrected chi connectivity index (χ2v) is 5.39. The summed E-state index contributed by atoms with van der Waals surface area (Å²) >= 11 is 0. The smallest absolute Gasteiger partial charge is 0.248 e. The molecule has 3 atom stereocenters. The number of rotatable bonds is 4. The molecule has 6 nitrogen and oxygen atoms in total. The Bertz CT molecular complexity index is 475. The van der Waals surface area contributed by atoms with Crippen molar-refractivity contribution < 1.29 is 15.0 Å². The number of likely N-dealkylation sites (tertiary alicyclic amines) is 1. The molecule has 0 bridgehead atoms. The minimum Gasteiger partial charge on any atom is -0.378 e. The van der Waals surface area contributed by atoms with E-state index in [0.29, 0.717) is 18.5 Å². The zero-order chi connectivity index (χ0) is 14.9. The number of hydrogen-bond acceptors (Lipinski definition) is 5. The van der Waals surface area contributed by atoms with Crippen molar-refractivity contribution in [2.24, 2.45) is 5.73 Å². The van der Waals surface area contributed by atoms with Gasteiger partial charge in [0, 0.05) is 18.5 Å². The Balaban J connectivity index is 2.07. The Morgan fingerprint density at radius 2 is 1.95 bits per heavy atom. The lowest BCUT2D eigenvalue weighted by Crippen LogP contribution is -2.42. The summed E-state index contributed by atoms with van der Waals surface area (Å²) in [7, 11) is 3.76. The van der Waals surface area contributed by atoms with Crippen LogP contribution in [0.3, 0.4) is 0 Å². The predicted molar refractivity (Wildman–Crippen MR) is 74.6 cm³/mol. The zero-order valence-electron chi connectivity index (χ0n) is 11.7. The lowest BCUT2D eigenvalue weighted by molar-refractivity contribution is -0.0698. The molecular formula is C14H21N3O3. The highest BCUT2D eigenvalue weighted by atomic mass is 16.3. The van der Waals surface area contributed by atoms with Crippen molar-refractivity contribution in [3.05, 3.63) is 35.4 Å². The number of likely N-dealkylation sites (N-methyl/N-ethyl adjacent to an activating group) is 1. The molecule has 1 amide bonds. The third-order valence-electron chi connectivity index (χ3n) is 3.79. The van der Waals surface area contributed by atoms with Gasteiger partial charge in [0.25, 0.3) is 0 Å². The monoisotopic (exact) mass is 279 g/mol. The van der Waals surface area contributed by atoms with Gasteiger partial charge >= 0.3 is 0 Å². The Morgan fingerprint density at radius 1 is 1.35 bits per heavy atom.